The van der Waals surface area contributed by atoms with Gasteiger partial charge in [-0.1, -0.05) is 12.1 Å². The van der Waals surface area contributed by atoms with Crippen molar-refractivity contribution in [1.82, 2.24) is 15.3 Å². The number of carbonyl (C=O) groups is 1. The Morgan fingerprint density at radius 1 is 1.03 bits per heavy atom. The molecule has 4 rings (SSSR count). The fourth-order valence-electron chi connectivity index (χ4n) is 4.16. The van der Waals surface area contributed by atoms with Crippen LogP contribution >= 0.6 is 0 Å². The van der Waals surface area contributed by atoms with Crippen LogP contribution in [0.15, 0.2) is 42.5 Å². The Hall–Kier alpha value is -3.49. The van der Waals surface area contributed by atoms with Gasteiger partial charge in [-0.3, -0.25) is 4.79 Å². The normalized spacial score (nSPS) is 18.9. The molecular formula is C25H29F2N5O2. The number of nitrogens with one attached hydrogen (secondary N) is 2. The number of para-hydroxylation sites is 1. The zero-order valence-electron chi connectivity index (χ0n) is 19.5. The van der Waals surface area contributed by atoms with E-state index in [1.165, 1.54) is 6.07 Å². The maximum absolute atomic E-state index is 13.4. The highest BCUT2D eigenvalue weighted by molar-refractivity contribution is 5.90. The molecule has 0 saturated heterocycles. The summed E-state index contributed by atoms with van der Waals surface area (Å²) in [5, 5.41) is 7.46. The molecule has 0 radical (unpaired) electrons. The van der Waals surface area contributed by atoms with Gasteiger partial charge >= 0.3 is 0 Å². The number of hydrogen-bond acceptors (Lipinski definition) is 6. The Kier molecular flexibility index (Phi) is 7.09. The highest BCUT2D eigenvalue weighted by atomic mass is 19.2. The van der Waals surface area contributed by atoms with Crippen LogP contribution in [-0.4, -0.2) is 48.2 Å². The van der Waals surface area contributed by atoms with Crippen LogP contribution in [0.25, 0.3) is 10.9 Å². The fourth-order valence-corrected chi connectivity index (χ4v) is 4.16. The van der Waals surface area contributed by atoms with Crippen molar-refractivity contribution in [1.29, 1.82) is 0 Å². The lowest BCUT2D eigenvalue weighted by Gasteiger charge is -2.30. The minimum atomic E-state index is -1.01. The lowest BCUT2D eigenvalue weighted by atomic mass is 9.91. The number of anilines is 2. The molecule has 1 heterocycles. The summed E-state index contributed by atoms with van der Waals surface area (Å²) in [6, 6.07) is 11.4. The lowest BCUT2D eigenvalue weighted by Crippen LogP contribution is -2.45. The van der Waals surface area contributed by atoms with Crippen molar-refractivity contribution in [3.8, 4) is 5.75 Å². The van der Waals surface area contributed by atoms with Crippen molar-refractivity contribution in [2.24, 2.45) is 0 Å². The Bertz CT molecular complexity index is 1170. The van der Waals surface area contributed by atoms with E-state index in [0.29, 0.717) is 5.95 Å². The molecule has 0 aliphatic heterocycles. The quantitative estimate of drug-likeness (QED) is 0.538. The SMILES string of the molecule is CC(Oc1ccc(F)c(F)c1)C(=O)NC1CCC(Nc2nc(N(C)C)c3ccccc3n2)CC1. The van der Waals surface area contributed by atoms with Crippen molar-refractivity contribution in [3.63, 3.8) is 0 Å². The molecule has 1 aromatic heterocycles. The van der Waals surface area contributed by atoms with Crippen LogP contribution in [0.4, 0.5) is 20.5 Å². The van der Waals surface area contributed by atoms with Gasteiger partial charge in [-0.25, -0.2) is 13.8 Å². The van der Waals surface area contributed by atoms with Crippen LogP contribution < -0.4 is 20.3 Å². The highest BCUT2D eigenvalue weighted by Gasteiger charge is 2.25. The number of nitrogens with zero attached hydrogens (tertiary/aromatic N) is 3. The van der Waals surface area contributed by atoms with Gasteiger partial charge in [0.05, 0.1) is 5.52 Å². The van der Waals surface area contributed by atoms with Crippen LogP contribution in [0.1, 0.15) is 32.6 Å². The molecule has 0 spiro atoms. The zero-order chi connectivity index (χ0) is 24.2. The topological polar surface area (TPSA) is 79.4 Å². The maximum Gasteiger partial charge on any atom is 0.260 e. The number of ether oxygens (including phenoxy) is 1. The second-order valence-electron chi connectivity index (χ2n) is 8.82. The van der Waals surface area contributed by atoms with Gasteiger partial charge in [0.25, 0.3) is 5.91 Å². The van der Waals surface area contributed by atoms with Gasteiger partial charge in [0.15, 0.2) is 17.7 Å². The average molecular weight is 470 g/mol. The number of halogens is 2. The predicted molar refractivity (Wildman–Crippen MR) is 128 cm³/mol. The number of fused-ring (bicyclic) bond motifs is 1. The van der Waals surface area contributed by atoms with Crippen LogP contribution in [0.3, 0.4) is 0 Å². The highest BCUT2D eigenvalue weighted by Crippen LogP contribution is 2.26. The molecule has 34 heavy (non-hydrogen) atoms. The second-order valence-corrected chi connectivity index (χ2v) is 8.82. The fraction of sp³-hybridized carbons (Fsp3) is 0.400. The second kappa shape index (κ2) is 10.2. The summed E-state index contributed by atoms with van der Waals surface area (Å²) in [6.07, 6.45) is 2.49. The van der Waals surface area contributed by atoms with Gasteiger partial charge in [-0.2, -0.15) is 4.98 Å². The van der Waals surface area contributed by atoms with Crippen LogP contribution in [0.5, 0.6) is 5.75 Å². The Morgan fingerprint density at radius 3 is 2.44 bits per heavy atom. The molecule has 7 nitrogen and oxygen atoms in total. The van der Waals surface area contributed by atoms with Crippen molar-refractivity contribution >= 4 is 28.6 Å². The third-order valence-corrected chi connectivity index (χ3v) is 5.99. The first-order chi connectivity index (χ1) is 16.3. The van der Waals surface area contributed by atoms with Crippen LogP contribution in [0.2, 0.25) is 0 Å². The van der Waals surface area contributed by atoms with Gasteiger partial charge in [-0.05, 0) is 56.9 Å². The molecule has 1 amide bonds. The summed E-state index contributed by atoms with van der Waals surface area (Å²) in [7, 11) is 3.92. The van der Waals surface area contributed by atoms with Crippen molar-refractivity contribution in [2.45, 2.75) is 50.8 Å². The summed E-state index contributed by atoms with van der Waals surface area (Å²) in [5.41, 5.74) is 0.889. The molecule has 180 valence electrons. The van der Waals surface area contributed by atoms with Crippen molar-refractivity contribution in [2.75, 3.05) is 24.3 Å². The Balaban J connectivity index is 1.30. The summed E-state index contributed by atoms with van der Waals surface area (Å²) < 4.78 is 31.9. The molecule has 2 N–H and O–H groups in total. The van der Waals surface area contributed by atoms with Gasteiger partial charge in [0.2, 0.25) is 5.95 Å². The van der Waals surface area contributed by atoms with Gasteiger partial charge in [-0.15, -0.1) is 0 Å². The van der Waals surface area contributed by atoms with E-state index in [-0.39, 0.29) is 23.7 Å². The van der Waals surface area contributed by atoms with E-state index in [4.69, 9.17) is 9.72 Å². The predicted octanol–water partition coefficient (Wildman–Crippen LogP) is 4.28. The van der Waals surface area contributed by atoms with Crippen molar-refractivity contribution in [3.05, 3.63) is 54.1 Å². The number of amides is 1. The minimum Gasteiger partial charge on any atom is -0.481 e. The molecule has 1 aliphatic carbocycles. The van der Waals surface area contributed by atoms with Crippen LogP contribution in [-0.2, 0) is 4.79 Å². The van der Waals surface area contributed by atoms with Gasteiger partial charge < -0.3 is 20.3 Å². The van der Waals surface area contributed by atoms with Crippen LogP contribution in [0, 0.1) is 11.6 Å². The summed E-state index contributed by atoms with van der Waals surface area (Å²) in [4.78, 5) is 23.9. The summed E-state index contributed by atoms with van der Waals surface area (Å²) >= 11 is 0. The van der Waals surface area contributed by atoms with E-state index in [1.54, 1.807) is 6.92 Å². The molecule has 3 aromatic rings. The molecule has 1 fully saturated rings. The molecule has 2 aromatic carbocycles. The first-order valence-electron chi connectivity index (χ1n) is 11.4. The van der Waals surface area contributed by atoms with E-state index in [9.17, 15) is 13.6 Å². The molecule has 1 aliphatic rings. The number of aromatic nitrogens is 2. The number of benzene rings is 2. The molecular weight excluding hydrogens is 440 g/mol. The van der Waals surface area contributed by atoms with E-state index in [0.717, 1.165) is 54.5 Å². The van der Waals surface area contributed by atoms with E-state index >= 15 is 0 Å². The number of carbonyl (C=O) groups excluding carboxylic acids is 1. The number of rotatable bonds is 7. The Morgan fingerprint density at radius 2 is 1.74 bits per heavy atom. The third kappa shape index (κ3) is 5.52. The van der Waals surface area contributed by atoms with E-state index < -0.39 is 17.7 Å². The Labute approximate surface area is 197 Å². The first kappa shape index (κ1) is 23.7. The summed E-state index contributed by atoms with van der Waals surface area (Å²) in [5.74, 6) is -0.671. The third-order valence-electron chi connectivity index (χ3n) is 5.99. The average Bonchev–Trinajstić information content (AvgIpc) is 2.82. The molecule has 1 unspecified atom stereocenters. The molecule has 9 heteroatoms. The van der Waals surface area contributed by atoms with E-state index in [2.05, 4.69) is 15.6 Å². The largest absolute Gasteiger partial charge is 0.481 e. The number of hydrogen-bond donors (Lipinski definition) is 2. The van der Waals surface area contributed by atoms with Gasteiger partial charge in [0.1, 0.15) is 11.6 Å². The summed E-state index contributed by atoms with van der Waals surface area (Å²) in [6.45, 7) is 1.59. The minimum absolute atomic E-state index is 0.0245. The smallest absolute Gasteiger partial charge is 0.260 e. The first-order valence-corrected chi connectivity index (χ1v) is 11.4. The monoisotopic (exact) mass is 469 g/mol. The van der Waals surface area contributed by atoms with E-state index in [1.807, 2.05) is 43.3 Å². The standard InChI is InChI=1S/C25H29F2N5O2/c1-15(34-18-12-13-20(26)21(27)14-18)24(33)28-16-8-10-17(11-9-16)29-25-30-22-7-5-4-6-19(22)23(31-25)32(2)3/h4-7,12-17H,8-11H2,1-3H3,(H,28,33)(H,29,30,31). The zero-order valence-corrected chi connectivity index (χ0v) is 19.5. The lowest BCUT2D eigenvalue weighted by molar-refractivity contribution is -0.128. The van der Waals surface area contributed by atoms with Crippen molar-refractivity contribution < 1.29 is 18.3 Å². The van der Waals surface area contributed by atoms with Gasteiger partial charge in [0, 0.05) is 37.6 Å². The molecule has 0 bridgehead atoms. The molecule has 1 atom stereocenters. The maximum atomic E-state index is 13.4. The molecule has 1 saturated carbocycles.